The molecule has 0 saturated carbocycles. The third kappa shape index (κ3) is 1.09. The zero-order valence-corrected chi connectivity index (χ0v) is 8.23. The Balaban J connectivity index is 2.63. The first-order chi connectivity index (χ1) is 7.25. The molecule has 0 spiro atoms. The first-order valence-corrected chi connectivity index (χ1v) is 4.73. The fraction of sp³-hybridized carbons (Fsp3) is 0.0833. The third-order valence-electron chi connectivity index (χ3n) is 2.65. The van der Waals surface area contributed by atoms with Crippen LogP contribution in [0.4, 0.5) is 0 Å². The van der Waals surface area contributed by atoms with Crippen molar-refractivity contribution >= 4 is 21.9 Å². The first-order valence-electron chi connectivity index (χ1n) is 4.73. The lowest BCUT2D eigenvalue weighted by molar-refractivity contribution is 0.564. The van der Waals surface area contributed by atoms with Gasteiger partial charge in [0, 0.05) is 30.1 Å². The summed E-state index contributed by atoms with van der Waals surface area (Å²) < 4.78 is 7.22. The van der Waals surface area contributed by atoms with Crippen molar-refractivity contribution < 1.29 is 4.42 Å². The quantitative estimate of drug-likeness (QED) is 0.520. The molecule has 0 aliphatic heterocycles. The summed E-state index contributed by atoms with van der Waals surface area (Å²) in [6, 6.07) is 9.17. The summed E-state index contributed by atoms with van der Waals surface area (Å²) in [6.45, 7) is 0. The molecular formula is C12H9NO2. The van der Waals surface area contributed by atoms with Gasteiger partial charge >= 0.3 is 5.63 Å². The van der Waals surface area contributed by atoms with Crippen molar-refractivity contribution in [3.63, 3.8) is 0 Å². The van der Waals surface area contributed by atoms with Gasteiger partial charge in [-0.15, -0.1) is 0 Å². The maximum absolute atomic E-state index is 11.2. The summed E-state index contributed by atoms with van der Waals surface area (Å²) in [4.78, 5) is 11.2. The Hall–Kier alpha value is -2.03. The van der Waals surface area contributed by atoms with Crippen LogP contribution in [0.3, 0.4) is 0 Å². The van der Waals surface area contributed by atoms with E-state index >= 15 is 0 Å². The molecule has 3 heteroatoms. The normalized spacial score (nSPS) is 11.3. The zero-order valence-electron chi connectivity index (χ0n) is 8.23. The zero-order chi connectivity index (χ0) is 10.4. The highest BCUT2D eigenvalue weighted by molar-refractivity contribution is 6.02. The molecule has 0 aliphatic rings. The summed E-state index contributed by atoms with van der Waals surface area (Å²) in [7, 11) is 1.97. The van der Waals surface area contributed by atoms with Gasteiger partial charge in [0.15, 0.2) is 0 Å². The molecule has 0 radical (unpaired) electrons. The number of hydrogen-bond donors (Lipinski definition) is 0. The molecule has 1 aromatic carbocycles. The molecule has 3 rings (SSSR count). The van der Waals surface area contributed by atoms with E-state index < -0.39 is 0 Å². The van der Waals surface area contributed by atoms with Crippen LogP contribution in [0.2, 0.25) is 0 Å². The van der Waals surface area contributed by atoms with Gasteiger partial charge in [-0.3, -0.25) is 0 Å². The van der Waals surface area contributed by atoms with Crippen LogP contribution in [0, 0.1) is 0 Å². The summed E-state index contributed by atoms with van der Waals surface area (Å²) in [6.07, 6.45) is 1.96. The van der Waals surface area contributed by atoms with Crippen molar-refractivity contribution in [3.8, 4) is 0 Å². The van der Waals surface area contributed by atoms with E-state index in [0.29, 0.717) is 5.58 Å². The summed E-state index contributed by atoms with van der Waals surface area (Å²) in [5.74, 6) is 0. The monoisotopic (exact) mass is 199 g/mol. The summed E-state index contributed by atoms with van der Waals surface area (Å²) in [5.41, 5.74) is 1.43. The Kier molecular flexibility index (Phi) is 1.51. The fourth-order valence-electron chi connectivity index (χ4n) is 1.88. The van der Waals surface area contributed by atoms with Crippen LogP contribution in [0.1, 0.15) is 0 Å². The second-order valence-corrected chi connectivity index (χ2v) is 3.60. The van der Waals surface area contributed by atoms with Crippen molar-refractivity contribution in [1.82, 2.24) is 4.57 Å². The first kappa shape index (κ1) is 8.29. The molecule has 0 fully saturated rings. The number of aryl methyl sites for hydroxylation is 1. The lowest BCUT2D eigenvalue weighted by Crippen LogP contribution is -1.94. The smallest absolute Gasteiger partial charge is 0.336 e. The van der Waals surface area contributed by atoms with Crippen LogP contribution >= 0.6 is 0 Å². The highest BCUT2D eigenvalue weighted by Gasteiger charge is 2.05. The molecule has 2 aromatic heterocycles. The number of nitrogens with zero attached hydrogens (tertiary/aromatic N) is 1. The molecule has 0 bridgehead atoms. The van der Waals surface area contributed by atoms with Gasteiger partial charge in [-0.2, -0.15) is 0 Å². The molecule has 0 saturated heterocycles. The highest BCUT2D eigenvalue weighted by Crippen LogP contribution is 2.24. The van der Waals surface area contributed by atoms with Crippen molar-refractivity contribution in [3.05, 3.63) is 46.9 Å². The van der Waals surface area contributed by atoms with E-state index in [9.17, 15) is 4.79 Å². The lowest BCUT2D eigenvalue weighted by Gasteiger charge is -1.99. The molecule has 3 aromatic rings. The Morgan fingerprint density at radius 1 is 1.13 bits per heavy atom. The van der Waals surface area contributed by atoms with Crippen molar-refractivity contribution in [1.29, 1.82) is 0 Å². The maximum Gasteiger partial charge on any atom is 0.336 e. The number of aromatic nitrogens is 1. The number of fused-ring (bicyclic) bond motifs is 3. The van der Waals surface area contributed by atoms with Crippen molar-refractivity contribution in [2.45, 2.75) is 0 Å². The second-order valence-electron chi connectivity index (χ2n) is 3.60. The SMILES string of the molecule is Cn1ccc2c3oc(=O)ccc3ccc21. The van der Waals surface area contributed by atoms with Crippen LogP contribution in [-0.2, 0) is 7.05 Å². The molecule has 0 N–H and O–H groups in total. The van der Waals surface area contributed by atoms with Crippen LogP contribution in [0.25, 0.3) is 21.9 Å². The summed E-state index contributed by atoms with van der Waals surface area (Å²) in [5, 5.41) is 1.93. The average molecular weight is 199 g/mol. The van der Waals surface area contributed by atoms with Gasteiger partial charge in [-0.1, -0.05) is 0 Å². The van der Waals surface area contributed by atoms with E-state index in [2.05, 4.69) is 0 Å². The molecule has 0 unspecified atom stereocenters. The minimum atomic E-state index is -0.307. The van der Waals surface area contributed by atoms with Gasteiger partial charge in [0.2, 0.25) is 0 Å². The van der Waals surface area contributed by atoms with E-state index in [-0.39, 0.29) is 5.63 Å². The fourth-order valence-corrected chi connectivity index (χ4v) is 1.88. The molecular weight excluding hydrogens is 190 g/mol. The van der Waals surface area contributed by atoms with Crippen LogP contribution in [-0.4, -0.2) is 4.57 Å². The summed E-state index contributed by atoms with van der Waals surface area (Å²) >= 11 is 0. The molecule has 0 atom stereocenters. The van der Waals surface area contributed by atoms with E-state index in [1.54, 1.807) is 6.07 Å². The Bertz CT molecular complexity index is 706. The largest absolute Gasteiger partial charge is 0.422 e. The van der Waals surface area contributed by atoms with Gasteiger partial charge in [0.1, 0.15) is 5.58 Å². The van der Waals surface area contributed by atoms with Crippen LogP contribution in [0.5, 0.6) is 0 Å². The Morgan fingerprint density at radius 3 is 2.80 bits per heavy atom. The predicted octanol–water partition coefficient (Wildman–Crippen LogP) is 2.28. The number of hydrogen-bond acceptors (Lipinski definition) is 2. The van der Waals surface area contributed by atoms with E-state index in [4.69, 9.17) is 4.42 Å². The molecule has 2 heterocycles. The van der Waals surface area contributed by atoms with Gasteiger partial charge in [-0.05, 0) is 24.3 Å². The van der Waals surface area contributed by atoms with Crippen molar-refractivity contribution in [2.24, 2.45) is 7.05 Å². The molecule has 3 nitrogen and oxygen atoms in total. The van der Waals surface area contributed by atoms with E-state index in [0.717, 1.165) is 16.3 Å². The van der Waals surface area contributed by atoms with Gasteiger partial charge in [0.05, 0.1) is 5.52 Å². The van der Waals surface area contributed by atoms with Crippen molar-refractivity contribution in [2.75, 3.05) is 0 Å². The standard InChI is InChI=1S/C12H9NO2/c1-13-7-6-9-10(13)4-2-8-3-5-11(14)15-12(8)9/h2-7H,1H3. The topological polar surface area (TPSA) is 35.1 Å². The molecule has 15 heavy (non-hydrogen) atoms. The van der Waals surface area contributed by atoms with Gasteiger partial charge in [-0.25, -0.2) is 4.79 Å². The lowest BCUT2D eigenvalue weighted by atomic mass is 10.2. The Morgan fingerprint density at radius 2 is 1.93 bits per heavy atom. The second kappa shape index (κ2) is 2.73. The number of rotatable bonds is 0. The van der Waals surface area contributed by atoms with Gasteiger partial charge < -0.3 is 8.98 Å². The minimum absolute atomic E-state index is 0.307. The van der Waals surface area contributed by atoms with Crippen LogP contribution in [0.15, 0.2) is 45.7 Å². The molecule has 0 aliphatic carbocycles. The third-order valence-corrected chi connectivity index (χ3v) is 2.65. The van der Waals surface area contributed by atoms with E-state index in [1.165, 1.54) is 6.07 Å². The van der Waals surface area contributed by atoms with Gasteiger partial charge in [0.25, 0.3) is 0 Å². The van der Waals surface area contributed by atoms with Crippen LogP contribution < -0.4 is 5.63 Å². The number of benzene rings is 1. The maximum atomic E-state index is 11.2. The minimum Gasteiger partial charge on any atom is -0.422 e. The Labute approximate surface area is 85.5 Å². The average Bonchev–Trinajstić information content (AvgIpc) is 2.61. The molecule has 74 valence electrons. The highest BCUT2D eigenvalue weighted by atomic mass is 16.4. The van der Waals surface area contributed by atoms with E-state index in [1.807, 2.05) is 36.0 Å². The predicted molar refractivity (Wildman–Crippen MR) is 59.0 cm³/mol. The molecule has 0 amide bonds.